The lowest BCUT2D eigenvalue weighted by molar-refractivity contribution is -0.120. The fourth-order valence-corrected chi connectivity index (χ4v) is 1.48. The molecule has 1 rings (SSSR count). The molecule has 0 atom stereocenters. The quantitative estimate of drug-likeness (QED) is 0.524. The van der Waals surface area contributed by atoms with E-state index in [1.165, 1.54) is 4.90 Å². The summed E-state index contributed by atoms with van der Waals surface area (Å²) in [5.74, 6) is -0.0929. The van der Waals surface area contributed by atoms with Crippen molar-refractivity contribution < 1.29 is 9.59 Å². The van der Waals surface area contributed by atoms with E-state index in [4.69, 9.17) is 5.73 Å². The summed E-state index contributed by atoms with van der Waals surface area (Å²) in [5.41, 5.74) is 7.15. The summed E-state index contributed by atoms with van der Waals surface area (Å²) in [7, 11) is 3.32. The Morgan fingerprint density at radius 3 is 2.53 bits per heavy atom. The second kappa shape index (κ2) is 7.25. The number of hydrogen-bond acceptors (Lipinski definition) is 3. The summed E-state index contributed by atoms with van der Waals surface area (Å²) in [6.45, 7) is 0.806. The number of amides is 3. The van der Waals surface area contributed by atoms with E-state index in [2.05, 4.69) is 10.6 Å². The summed E-state index contributed by atoms with van der Waals surface area (Å²) in [6.07, 6.45) is 0.284. The van der Waals surface area contributed by atoms with E-state index in [0.717, 1.165) is 5.56 Å². The Balaban J connectivity index is 2.23. The van der Waals surface area contributed by atoms with Gasteiger partial charge in [0.25, 0.3) is 0 Å². The molecule has 0 spiro atoms. The highest BCUT2D eigenvalue weighted by Gasteiger charge is 2.04. The van der Waals surface area contributed by atoms with Gasteiger partial charge in [-0.1, -0.05) is 12.1 Å². The van der Waals surface area contributed by atoms with Crippen molar-refractivity contribution in [2.24, 2.45) is 0 Å². The molecule has 0 fully saturated rings. The van der Waals surface area contributed by atoms with E-state index in [9.17, 15) is 9.59 Å². The Morgan fingerprint density at radius 1 is 1.21 bits per heavy atom. The maximum absolute atomic E-state index is 11.6. The molecule has 6 nitrogen and oxygen atoms in total. The predicted octanol–water partition coefficient (Wildman–Crippen LogP) is 0.199. The van der Waals surface area contributed by atoms with Crippen LogP contribution in [0.2, 0.25) is 0 Å². The number of benzene rings is 1. The van der Waals surface area contributed by atoms with Crippen LogP contribution in [0.4, 0.5) is 10.5 Å². The van der Waals surface area contributed by atoms with Crippen molar-refractivity contribution in [3.05, 3.63) is 29.8 Å². The number of anilines is 1. The first-order valence-corrected chi connectivity index (χ1v) is 6.05. The van der Waals surface area contributed by atoms with Gasteiger partial charge in [-0.15, -0.1) is 0 Å². The molecule has 0 aromatic heterocycles. The minimum absolute atomic E-state index is 0.0929. The number of rotatable bonds is 5. The van der Waals surface area contributed by atoms with Crippen molar-refractivity contribution in [2.45, 2.75) is 6.42 Å². The number of carbonyl (C=O) groups excluding carboxylic acids is 2. The summed E-state index contributed by atoms with van der Waals surface area (Å²) in [6, 6.07) is 7.04. The first kappa shape index (κ1) is 14.8. The predicted molar refractivity (Wildman–Crippen MR) is 74.7 cm³/mol. The third-order valence-electron chi connectivity index (χ3n) is 2.45. The summed E-state index contributed by atoms with van der Waals surface area (Å²) >= 11 is 0. The normalized spacial score (nSPS) is 9.79. The van der Waals surface area contributed by atoms with Crippen LogP contribution in [0.5, 0.6) is 0 Å². The highest BCUT2D eigenvalue weighted by atomic mass is 16.2. The number of nitrogens with two attached hydrogens (primary N) is 1. The van der Waals surface area contributed by atoms with Gasteiger partial charge in [-0.05, 0) is 17.7 Å². The zero-order valence-electron chi connectivity index (χ0n) is 11.3. The molecular formula is C13H20N4O2. The zero-order chi connectivity index (χ0) is 14.3. The van der Waals surface area contributed by atoms with Crippen LogP contribution in [0.15, 0.2) is 24.3 Å². The number of nitrogen functional groups attached to an aromatic ring is 1. The van der Waals surface area contributed by atoms with Gasteiger partial charge in [-0.3, -0.25) is 4.79 Å². The van der Waals surface area contributed by atoms with Crippen molar-refractivity contribution in [1.82, 2.24) is 15.5 Å². The summed E-state index contributed by atoms with van der Waals surface area (Å²) in [4.78, 5) is 24.3. The Hall–Kier alpha value is -2.24. The molecule has 0 aliphatic rings. The Bertz CT molecular complexity index is 446. The molecule has 4 N–H and O–H groups in total. The van der Waals surface area contributed by atoms with Gasteiger partial charge in [0.15, 0.2) is 0 Å². The Labute approximate surface area is 113 Å². The van der Waals surface area contributed by atoms with E-state index in [1.807, 2.05) is 12.1 Å². The molecule has 0 aliphatic heterocycles. The standard InChI is InChI=1S/C13H20N4O2/c1-17(2)13(19)16-7-6-15-12(18)9-10-4-3-5-11(14)8-10/h3-5,8H,6-7,9,14H2,1-2H3,(H,15,18)(H,16,19). The molecule has 19 heavy (non-hydrogen) atoms. The molecule has 0 saturated heterocycles. The highest BCUT2D eigenvalue weighted by Crippen LogP contribution is 2.06. The van der Waals surface area contributed by atoms with Crippen LogP contribution in [-0.4, -0.2) is 44.0 Å². The zero-order valence-corrected chi connectivity index (χ0v) is 11.3. The molecule has 0 heterocycles. The van der Waals surface area contributed by atoms with Crippen molar-refractivity contribution in [2.75, 3.05) is 32.9 Å². The second-order valence-electron chi connectivity index (χ2n) is 4.40. The fraction of sp³-hybridized carbons (Fsp3) is 0.385. The van der Waals surface area contributed by atoms with Gasteiger partial charge in [-0.2, -0.15) is 0 Å². The number of nitrogens with zero attached hydrogens (tertiary/aromatic N) is 1. The monoisotopic (exact) mass is 264 g/mol. The molecule has 1 aromatic carbocycles. The molecule has 0 radical (unpaired) electrons. The minimum atomic E-state index is -0.176. The number of hydrogen-bond donors (Lipinski definition) is 3. The van der Waals surface area contributed by atoms with Crippen molar-refractivity contribution >= 4 is 17.6 Å². The molecule has 3 amide bonds. The maximum Gasteiger partial charge on any atom is 0.316 e. The third kappa shape index (κ3) is 5.76. The van der Waals surface area contributed by atoms with E-state index in [1.54, 1.807) is 26.2 Å². The fourth-order valence-electron chi connectivity index (χ4n) is 1.48. The van der Waals surface area contributed by atoms with Crippen molar-refractivity contribution in [1.29, 1.82) is 0 Å². The van der Waals surface area contributed by atoms with Gasteiger partial charge >= 0.3 is 6.03 Å². The average Bonchev–Trinajstić information content (AvgIpc) is 2.34. The molecule has 104 valence electrons. The van der Waals surface area contributed by atoms with Gasteiger partial charge in [-0.25, -0.2) is 4.79 Å². The number of urea groups is 1. The molecule has 1 aromatic rings. The van der Waals surface area contributed by atoms with Crippen LogP contribution >= 0.6 is 0 Å². The molecule has 6 heteroatoms. The Morgan fingerprint density at radius 2 is 1.89 bits per heavy atom. The van der Waals surface area contributed by atoms with Gasteiger partial charge < -0.3 is 21.3 Å². The number of carbonyl (C=O) groups is 2. The highest BCUT2D eigenvalue weighted by molar-refractivity contribution is 5.79. The largest absolute Gasteiger partial charge is 0.399 e. The molecule has 0 unspecified atom stereocenters. The molecular weight excluding hydrogens is 244 g/mol. The molecule has 0 aliphatic carbocycles. The van der Waals surface area contributed by atoms with E-state index in [-0.39, 0.29) is 18.4 Å². The van der Waals surface area contributed by atoms with Crippen molar-refractivity contribution in [3.63, 3.8) is 0 Å². The lowest BCUT2D eigenvalue weighted by atomic mass is 10.1. The maximum atomic E-state index is 11.6. The SMILES string of the molecule is CN(C)C(=O)NCCNC(=O)Cc1cccc(N)c1. The second-order valence-corrected chi connectivity index (χ2v) is 4.40. The number of nitrogens with one attached hydrogen (secondary N) is 2. The first-order chi connectivity index (χ1) is 8.99. The van der Waals surface area contributed by atoms with E-state index in [0.29, 0.717) is 18.8 Å². The van der Waals surface area contributed by atoms with Gasteiger partial charge in [0.1, 0.15) is 0 Å². The Kier molecular flexibility index (Phi) is 5.66. The van der Waals surface area contributed by atoms with Crippen LogP contribution < -0.4 is 16.4 Å². The van der Waals surface area contributed by atoms with Gasteiger partial charge in [0.2, 0.25) is 5.91 Å². The lowest BCUT2D eigenvalue weighted by Gasteiger charge is -2.12. The third-order valence-corrected chi connectivity index (χ3v) is 2.45. The van der Waals surface area contributed by atoms with Gasteiger partial charge in [0, 0.05) is 32.9 Å². The molecule has 0 bridgehead atoms. The minimum Gasteiger partial charge on any atom is -0.399 e. The van der Waals surface area contributed by atoms with Crippen LogP contribution in [-0.2, 0) is 11.2 Å². The van der Waals surface area contributed by atoms with E-state index >= 15 is 0 Å². The van der Waals surface area contributed by atoms with Crippen LogP contribution in [0, 0.1) is 0 Å². The topological polar surface area (TPSA) is 87.5 Å². The summed E-state index contributed by atoms with van der Waals surface area (Å²) in [5, 5.41) is 5.39. The summed E-state index contributed by atoms with van der Waals surface area (Å²) < 4.78 is 0. The lowest BCUT2D eigenvalue weighted by Crippen LogP contribution is -2.39. The first-order valence-electron chi connectivity index (χ1n) is 6.05. The van der Waals surface area contributed by atoms with Gasteiger partial charge in [0.05, 0.1) is 6.42 Å². The van der Waals surface area contributed by atoms with Crippen LogP contribution in [0.1, 0.15) is 5.56 Å². The van der Waals surface area contributed by atoms with Crippen molar-refractivity contribution in [3.8, 4) is 0 Å². The van der Waals surface area contributed by atoms with Crippen LogP contribution in [0.3, 0.4) is 0 Å². The average molecular weight is 264 g/mol. The van der Waals surface area contributed by atoms with Crippen LogP contribution in [0.25, 0.3) is 0 Å². The molecule has 0 saturated carbocycles. The van der Waals surface area contributed by atoms with E-state index < -0.39 is 0 Å². The smallest absolute Gasteiger partial charge is 0.316 e.